The SMILES string of the molecule is CCC1(CC)CC(NC(=O)c2c(O)cccc2F)CCO1. The summed E-state index contributed by atoms with van der Waals surface area (Å²) >= 11 is 0. The van der Waals surface area contributed by atoms with Gasteiger partial charge in [0.2, 0.25) is 0 Å². The van der Waals surface area contributed by atoms with E-state index in [1.807, 2.05) is 0 Å². The van der Waals surface area contributed by atoms with Gasteiger partial charge in [-0.2, -0.15) is 0 Å². The third-order valence-electron chi connectivity index (χ3n) is 4.34. The molecule has 0 aliphatic carbocycles. The van der Waals surface area contributed by atoms with Crippen molar-refractivity contribution in [3.8, 4) is 5.75 Å². The van der Waals surface area contributed by atoms with Crippen LogP contribution in [0.4, 0.5) is 4.39 Å². The number of amides is 1. The van der Waals surface area contributed by atoms with E-state index in [1.54, 1.807) is 0 Å². The number of halogens is 1. The number of ether oxygens (including phenoxy) is 1. The van der Waals surface area contributed by atoms with Crippen LogP contribution in [0, 0.1) is 5.82 Å². The van der Waals surface area contributed by atoms with Crippen molar-refractivity contribution in [1.29, 1.82) is 0 Å². The van der Waals surface area contributed by atoms with Crippen molar-refractivity contribution in [2.75, 3.05) is 6.61 Å². The Kier molecular flexibility index (Phi) is 4.83. The van der Waals surface area contributed by atoms with Gasteiger partial charge in [0.05, 0.1) is 5.60 Å². The summed E-state index contributed by atoms with van der Waals surface area (Å²) in [6.07, 6.45) is 3.16. The van der Waals surface area contributed by atoms with Gasteiger partial charge in [0.15, 0.2) is 0 Å². The number of nitrogens with one attached hydrogen (secondary N) is 1. The van der Waals surface area contributed by atoms with Crippen LogP contribution in [0.2, 0.25) is 0 Å². The van der Waals surface area contributed by atoms with Crippen LogP contribution in [0.1, 0.15) is 49.9 Å². The van der Waals surface area contributed by atoms with E-state index in [0.29, 0.717) is 19.4 Å². The molecule has 1 heterocycles. The molecule has 1 amide bonds. The second-order valence-electron chi connectivity index (χ2n) is 5.54. The van der Waals surface area contributed by atoms with Crippen molar-refractivity contribution >= 4 is 5.91 Å². The Morgan fingerprint density at radius 2 is 2.19 bits per heavy atom. The van der Waals surface area contributed by atoms with Crippen molar-refractivity contribution in [2.24, 2.45) is 0 Å². The van der Waals surface area contributed by atoms with Gasteiger partial charge in [-0.1, -0.05) is 19.9 Å². The highest BCUT2D eigenvalue weighted by atomic mass is 19.1. The Hall–Kier alpha value is -1.62. The number of hydrogen-bond acceptors (Lipinski definition) is 3. The van der Waals surface area contributed by atoms with Crippen LogP contribution in [0.3, 0.4) is 0 Å². The lowest BCUT2D eigenvalue weighted by atomic mass is 9.86. The molecule has 0 radical (unpaired) electrons. The van der Waals surface area contributed by atoms with Crippen LogP contribution in [-0.2, 0) is 4.74 Å². The average molecular weight is 295 g/mol. The van der Waals surface area contributed by atoms with Crippen molar-refractivity contribution in [2.45, 2.75) is 51.2 Å². The molecule has 21 heavy (non-hydrogen) atoms. The number of benzene rings is 1. The molecular weight excluding hydrogens is 273 g/mol. The normalized spacial score (nSPS) is 21.0. The molecule has 1 unspecified atom stereocenters. The Morgan fingerprint density at radius 3 is 2.81 bits per heavy atom. The molecule has 2 rings (SSSR count). The van der Waals surface area contributed by atoms with Gasteiger partial charge in [-0.25, -0.2) is 4.39 Å². The Labute approximate surface area is 124 Å². The van der Waals surface area contributed by atoms with Gasteiger partial charge in [-0.15, -0.1) is 0 Å². The molecule has 1 aliphatic rings. The standard InChI is InChI=1S/C16H22FNO3/c1-3-16(4-2)10-11(8-9-21-16)18-15(20)14-12(17)6-5-7-13(14)19/h5-7,11,19H,3-4,8-10H2,1-2H3,(H,18,20). The van der Waals surface area contributed by atoms with Crippen molar-refractivity contribution in [3.63, 3.8) is 0 Å². The summed E-state index contributed by atoms with van der Waals surface area (Å²) in [5, 5.41) is 12.5. The molecule has 5 heteroatoms. The predicted octanol–water partition coefficient (Wildman–Crippen LogP) is 3.00. The molecule has 1 fully saturated rings. The lowest BCUT2D eigenvalue weighted by Gasteiger charge is -2.40. The van der Waals surface area contributed by atoms with E-state index in [9.17, 15) is 14.3 Å². The molecule has 1 aromatic carbocycles. The highest BCUT2D eigenvalue weighted by Crippen LogP contribution is 2.31. The maximum Gasteiger partial charge on any atom is 0.258 e. The van der Waals surface area contributed by atoms with Gasteiger partial charge in [0.1, 0.15) is 17.1 Å². The zero-order valence-electron chi connectivity index (χ0n) is 12.5. The first-order valence-electron chi connectivity index (χ1n) is 7.43. The van der Waals surface area contributed by atoms with E-state index < -0.39 is 11.7 Å². The molecule has 1 saturated heterocycles. The molecule has 0 aromatic heterocycles. The third-order valence-corrected chi connectivity index (χ3v) is 4.34. The van der Waals surface area contributed by atoms with Crippen LogP contribution in [0.25, 0.3) is 0 Å². The Bertz CT molecular complexity index is 494. The summed E-state index contributed by atoms with van der Waals surface area (Å²) in [7, 11) is 0. The minimum atomic E-state index is -0.711. The van der Waals surface area contributed by atoms with Crippen molar-refractivity contribution < 1.29 is 19.0 Å². The number of rotatable bonds is 4. The van der Waals surface area contributed by atoms with Gasteiger partial charge in [-0.3, -0.25) is 4.79 Å². The van der Waals surface area contributed by atoms with Crippen LogP contribution in [0.5, 0.6) is 5.75 Å². The highest BCUT2D eigenvalue weighted by molar-refractivity contribution is 5.97. The van der Waals surface area contributed by atoms with Crippen LogP contribution in [-0.4, -0.2) is 29.3 Å². The summed E-state index contributed by atoms with van der Waals surface area (Å²) in [4.78, 5) is 12.2. The van der Waals surface area contributed by atoms with Gasteiger partial charge in [-0.05, 0) is 37.8 Å². The number of aromatic hydroxyl groups is 1. The molecular formula is C16H22FNO3. The first-order chi connectivity index (χ1) is 10.0. The summed E-state index contributed by atoms with van der Waals surface area (Å²) in [5.41, 5.74) is -0.504. The summed E-state index contributed by atoms with van der Waals surface area (Å²) in [6, 6.07) is 3.78. The quantitative estimate of drug-likeness (QED) is 0.897. The summed E-state index contributed by atoms with van der Waals surface area (Å²) in [5.74, 6) is -1.62. The topological polar surface area (TPSA) is 58.6 Å². The molecule has 4 nitrogen and oxygen atoms in total. The molecule has 116 valence electrons. The second-order valence-corrected chi connectivity index (χ2v) is 5.54. The van der Waals surface area contributed by atoms with Crippen molar-refractivity contribution in [3.05, 3.63) is 29.6 Å². The molecule has 1 atom stereocenters. The number of carbonyl (C=O) groups is 1. The maximum atomic E-state index is 13.7. The first kappa shape index (κ1) is 15.8. The van der Waals surface area contributed by atoms with E-state index in [2.05, 4.69) is 19.2 Å². The van der Waals surface area contributed by atoms with E-state index in [1.165, 1.54) is 18.2 Å². The minimum Gasteiger partial charge on any atom is -0.507 e. The lowest BCUT2D eigenvalue weighted by Crippen LogP contribution is -2.48. The molecule has 2 N–H and O–H groups in total. The zero-order valence-corrected chi connectivity index (χ0v) is 12.5. The summed E-state index contributed by atoms with van der Waals surface area (Å²) in [6.45, 7) is 4.71. The van der Waals surface area contributed by atoms with E-state index in [4.69, 9.17) is 4.74 Å². The maximum absolute atomic E-state index is 13.7. The van der Waals surface area contributed by atoms with Gasteiger partial charge in [0, 0.05) is 12.6 Å². The first-order valence-corrected chi connectivity index (χ1v) is 7.43. The summed E-state index contributed by atoms with van der Waals surface area (Å²) < 4.78 is 19.5. The van der Waals surface area contributed by atoms with E-state index in [-0.39, 0.29) is 23.0 Å². The van der Waals surface area contributed by atoms with Gasteiger partial charge >= 0.3 is 0 Å². The van der Waals surface area contributed by atoms with Gasteiger partial charge < -0.3 is 15.2 Å². The molecule has 1 aromatic rings. The number of carbonyl (C=O) groups excluding carboxylic acids is 1. The van der Waals surface area contributed by atoms with E-state index in [0.717, 1.165) is 12.8 Å². The highest BCUT2D eigenvalue weighted by Gasteiger charge is 2.35. The largest absolute Gasteiger partial charge is 0.507 e. The fourth-order valence-electron chi connectivity index (χ4n) is 2.89. The number of phenolic OH excluding ortho intramolecular Hbond substituents is 1. The number of hydrogen-bond donors (Lipinski definition) is 2. The monoisotopic (exact) mass is 295 g/mol. The Morgan fingerprint density at radius 1 is 1.48 bits per heavy atom. The smallest absolute Gasteiger partial charge is 0.258 e. The minimum absolute atomic E-state index is 0.0647. The molecule has 1 aliphatic heterocycles. The molecule has 0 spiro atoms. The second kappa shape index (κ2) is 6.43. The Balaban J connectivity index is 2.09. The molecule has 0 bridgehead atoms. The fraction of sp³-hybridized carbons (Fsp3) is 0.562. The average Bonchev–Trinajstić information content (AvgIpc) is 2.47. The van der Waals surface area contributed by atoms with Gasteiger partial charge in [0.25, 0.3) is 5.91 Å². The zero-order chi connectivity index (χ0) is 15.5. The van der Waals surface area contributed by atoms with Crippen LogP contribution >= 0.6 is 0 Å². The van der Waals surface area contributed by atoms with E-state index >= 15 is 0 Å². The lowest BCUT2D eigenvalue weighted by molar-refractivity contribution is -0.0917. The third kappa shape index (κ3) is 3.35. The number of phenols is 1. The predicted molar refractivity (Wildman–Crippen MR) is 77.8 cm³/mol. The molecule has 0 saturated carbocycles. The van der Waals surface area contributed by atoms with Crippen LogP contribution < -0.4 is 5.32 Å². The van der Waals surface area contributed by atoms with Crippen molar-refractivity contribution in [1.82, 2.24) is 5.32 Å². The van der Waals surface area contributed by atoms with Crippen LogP contribution in [0.15, 0.2) is 18.2 Å². The fourth-order valence-corrected chi connectivity index (χ4v) is 2.89.